The molecule has 96 valence electrons. The first-order valence-corrected chi connectivity index (χ1v) is 6.42. The van der Waals surface area contributed by atoms with E-state index in [-0.39, 0.29) is 28.6 Å². The van der Waals surface area contributed by atoms with Gasteiger partial charge >= 0.3 is 0 Å². The van der Waals surface area contributed by atoms with Crippen LogP contribution in [0.5, 0.6) is 0 Å². The van der Waals surface area contributed by atoms with Gasteiger partial charge in [-0.1, -0.05) is 39.9 Å². The molecule has 2 amide bonds. The number of carbonyl (C=O) groups is 2. The third kappa shape index (κ3) is 1.86. The monoisotopic (exact) mass is 256 g/mol. The fourth-order valence-corrected chi connectivity index (χ4v) is 2.77. The van der Waals surface area contributed by atoms with Crippen LogP contribution in [-0.2, 0) is 9.59 Å². The first-order chi connectivity index (χ1) is 7.83. The van der Waals surface area contributed by atoms with Crippen molar-refractivity contribution >= 4 is 29.0 Å². The van der Waals surface area contributed by atoms with Crippen LogP contribution in [0.2, 0.25) is 0 Å². The van der Waals surface area contributed by atoms with Crippen LogP contribution < -0.4 is 5.73 Å². The molecule has 0 aromatic carbocycles. The van der Waals surface area contributed by atoms with Crippen LogP contribution in [0.15, 0.2) is 0 Å². The minimum absolute atomic E-state index is 0.154. The fraction of sp³-hybridized carbons (Fsp3) is 0.750. The second-order valence-corrected chi connectivity index (χ2v) is 5.13. The quantitative estimate of drug-likeness (QED) is 0.611. The molecule has 0 aromatic heterocycles. The molecule has 0 saturated carbocycles. The van der Waals surface area contributed by atoms with E-state index in [2.05, 4.69) is 0 Å². The molecule has 0 bridgehead atoms. The van der Waals surface area contributed by atoms with Crippen LogP contribution in [0, 0.1) is 11.8 Å². The van der Waals surface area contributed by atoms with Gasteiger partial charge in [-0.15, -0.1) is 0 Å². The molecule has 0 radical (unpaired) electrons. The molecular weight excluding hydrogens is 236 g/mol. The van der Waals surface area contributed by atoms with Crippen molar-refractivity contribution in [2.75, 3.05) is 0 Å². The Kier molecular flexibility index (Phi) is 3.91. The van der Waals surface area contributed by atoms with Gasteiger partial charge in [0.25, 0.3) is 0 Å². The van der Waals surface area contributed by atoms with Crippen LogP contribution in [0.4, 0.5) is 0 Å². The topological polar surface area (TPSA) is 63.4 Å². The van der Waals surface area contributed by atoms with Gasteiger partial charge in [0.1, 0.15) is 0 Å². The number of imide groups is 1. The summed E-state index contributed by atoms with van der Waals surface area (Å²) in [6.45, 7) is 7.36. The van der Waals surface area contributed by atoms with Crippen molar-refractivity contribution in [3.63, 3.8) is 0 Å². The zero-order valence-electron chi connectivity index (χ0n) is 10.8. The van der Waals surface area contributed by atoms with Gasteiger partial charge in [-0.25, -0.2) is 0 Å². The van der Waals surface area contributed by atoms with Crippen LogP contribution >= 0.6 is 12.2 Å². The molecule has 17 heavy (non-hydrogen) atoms. The highest BCUT2D eigenvalue weighted by Gasteiger charge is 2.52. The first kappa shape index (κ1) is 14.1. The summed E-state index contributed by atoms with van der Waals surface area (Å²) in [7, 11) is 0. The number of carbonyl (C=O) groups excluding carboxylic acids is 2. The number of hydrogen-bond acceptors (Lipinski definition) is 3. The third-order valence-corrected chi connectivity index (χ3v) is 4.41. The molecule has 0 aromatic rings. The van der Waals surface area contributed by atoms with E-state index in [1.165, 1.54) is 4.90 Å². The van der Waals surface area contributed by atoms with Crippen molar-refractivity contribution < 1.29 is 9.59 Å². The average Bonchev–Trinajstić information content (AvgIpc) is 2.48. The van der Waals surface area contributed by atoms with Gasteiger partial charge in [-0.2, -0.15) is 0 Å². The van der Waals surface area contributed by atoms with Gasteiger partial charge in [-0.3, -0.25) is 14.5 Å². The molecule has 0 aliphatic carbocycles. The Morgan fingerprint density at radius 2 is 1.59 bits per heavy atom. The van der Waals surface area contributed by atoms with E-state index in [1.54, 1.807) is 13.8 Å². The Morgan fingerprint density at radius 3 is 1.82 bits per heavy atom. The van der Waals surface area contributed by atoms with Gasteiger partial charge in [0.05, 0.1) is 10.5 Å². The third-order valence-electron chi connectivity index (χ3n) is 4.03. The highest BCUT2D eigenvalue weighted by Crippen LogP contribution is 2.35. The Balaban J connectivity index is 3.26. The molecule has 1 fully saturated rings. The average molecular weight is 256 g/mol. The number of rotatable bonds is 4. The number of nitrogens with zero attached hydrogens (tertiary/aromatic N) is 1. The molecule has 1 heterocycles. The summed E-state index contributed by atoms with van der Waals surface area (Å²) in [4.78, 5) is 25.9. The molecule has 0 spiro atoms. The Morgan fingerprint density at radius 1 is 1.24 bits per heavy atom. The number of hydrogen-bond donors (Lipinski definition) is 1. The highest BCUT2D eigenvalue weighted by atomic mass is 32.1. The van der Waals surface area contributed by atoms with Gasteiger partial charge in [-0.05, 0) is 12.8 Å². The molecule has 1 aliphatic heterocycles. The second kappa shape index (κ2) is 4.72. The number of amides is 2. The van der Waals surface area contributed by atoms with Crippen molar-refractivity contribution in [2.45, 2.75) is 46.1 Å². The minimum atomic E-state index is -0.789. The first-order valence-electron chi connectivity index (χ1n) is 6.01. The lowest BCUT2D eigenvalue weighted by atomic mass is 9.90. The smallest absolute Gasteiger partial charge is 0.233 e. The number of likely N-dealkylation sites (tertiary alicyclic amines) is 1. The molecule has 2 N–H and O–H groups in total. The molecule has 5 heteroatoms. The highest BCUT2D eigenvalue weighted by molar-refractivity contribution is 7.80. The molecule has 2 unspecified atom stereocenters. The molecule has 1 saturated heterocycles. The second-order valence-electron chi connectivity index (χ2n) is 4.69. The minimum Gasteiger partial charge on any atom is -0.391 e. The Hall–Kier alpha value is -0.970. The van der Waals surface area contributed by atoms with Gasteiger partial charge in [0.15, 0.2) is 0 Å². The van der Waals surface area contributed by atoms with Crippen LogP contribution in [0.25, 0.3) is 0 Å². The maximum absolute atomic E-state index is 12.2. The predicted octanol–water partition coefficient (Wildman–Crippen LogP) is 1.47. The van der Waals surface area contributed by atoms with Crippen molar-refractivity contribution in [3.05, 3.63) is 0 Å². The summed E-state index contributed by atoms with van der Waals surface area (Å²) >= 11 is 5.08. The number of nitrogens with two attached hydrogens (primary N) is 1. The summed E-state index contributed by atoms with van der Waals surface area (Å²) in [6, 6.07) is 0. The van der Waals surface area contributed by atoms with Crippen molar-refractivity contribution in [1.29, 1.82) is 0 Å². The van der Waals surface area contributed by atoms with Crippen molar-refractivity contribution in [1.82, 2.24) is 4.90 Å². The van der Waals surface area contributed by atoms with E-state index in [0.29, 0.717) is 12.8 Å². The molecule has 4 nitrogen and oxygen atoms in total. The summed E-state index contributed by atoms with van der Waals surface area (Å²) < 4.78 is 0. The van der Waals surface area contributed by atoms with E-state index in [0.717, 1.165) is 0 Å². The summed E-state index contributed by atoms with van der Waals surface area (Å²) in [5.74, 6) is -0.873. The Bertz CT molecular complexity index is 344. The SMILES string of the molecule is CCC(CC)(C(N)=S)N1C(=O)C(C)C(C)C1=O. The van der Waals surface area contributed by atoms with E-state index in [1.807, 2.05) is 13.8 Å². The largest absolute Gasteiger partial charge is 0.391 e. The molecule has 1 rings (SSSR count). The maximum Gasteiger partial charge on any atom is 0.233 e. The van der Waals surface area contributed by atoms with Crippen molar-refractivity contribution in [2.24, 2.45) is 17.6 Å². The standard InChI is InChI=1S/C12H20N2O2S/c1-5-12(6-2,11(13)17)14-9(15)7(3)8(4)10(14)16/h7-8H,5-6H2,1-4H3,(H2,13,17). The van der Waals surface area contributed by atoms with E-state index in [4.69, 9.17) is 18.0 Å². The lowest BCUT2D eigenvalue weighted by Crippen LogP contribution is -2.58. The van der Waals surface area contributed by atoms with Gasteiger partial charge < -0.3 is 5.73 Å². The van der Waals surface area contributed by atoms with Crippen LogP contribution in [0.3, 0.4) is 0 Å². The zero-order valence-corrected chi connectivity index (χ0v) is 11.6. The summed E-state index contributed by atoms with van der Waals surface area (Å²) in [6.07, 6.45) is 1.13. The summed E-state index contributed by atoms with van der Waals surface area (Å²) in [5, 5.41) is 0. The summed E-state index contributed by atoms with van der Waals surface area (Å²) in [5.41, 5.74) is 4.98. The van der Waals surface area contributed by atoms with Crippen LogP contribution in [-0.4, -0.2) is 27.2 Å². The normalized spacial score (nSPS) is 25.5. The van der Waals surface area contributed by atoms with Gasteiger partial charge in [0.2, 0.25) is 11.8 Å². The van der Waals surface area contributed by atoms with Crippen LogP contribution in [0.1, 0.15) is 40.5 Å². The lowest BCUT2D eigenvalue weighted by molar-refractivity contribution is -0.144. The lowest BCUT2D eigenvalue weighted by Gasteiger charge is -2.38. The Labute approximate surface area is 108 Å². The van der Waals surface area contributed by atoms with E-state index < -0.39 is 5.54 Å². The van der Waals surface area contributed by atoms with Gasteiger partial charge in [0, 0.05) is 11.8 Å². The van der Waals surface area contributed by atoms with E-state index in [9.17, 15) is 9.59 Å². The molecular formula is C12H20N2O2S. The predicted molar refractivity (Wildman–Crippen MR) is 70.3 cm³/mol. The fourth-order valence-electron chi connectivity index (χ4n) is 2.39. The number of thiocarbonyl (C=S) groups is 1. The van der Waals surface area contributed by atoms with E-state index >= 15 is 0 Å². The maximum atomic E-state index is 12.2. The van der Waals surface area contributed by atoms with Crippen molar-refractivity contribution in [3.8, 4) is 0 Å². The molecule has 1 aliphatic rings. The molecule has 2 atom stereocenters. The zero-order chi connectivity index (χ0) is 13.4.